The Morgan fingerprint density at radius 1 is 1.12 bits per heavy atom. The number of amides is 1. The van der Waals surface area contributed by atoms with Crippen molar-refractivity contribution in [3.05, 3.63) is 76.9 Å². The first-order valence-corrected chi connectivity index (χ1v) is 12.2. The molecule has 2 aliphatic rings. The van der Waals surface area contributed by atoms with Gasteiger partial charge >= 0.3 is 0 Å². The molecule has 2 aromatic carbocycles. The van der Waals surface area contributed by atoms with Gasteiger partial charge in [-0.15, -0.1) is 0 Å². The van der Waals surface area contributed by atoms with Gasteiger partial charge in [0.1, 0.15) is 0 Å². The molecule has 3 atom stereocenters. The highest BCUT2D eigenvalue weighted by molar-refractivity contribution is 5.95. The summed E-state index contributed by atoms with van der Waals surface area (Å²) in [5.41, 5.74) is 5.87. The number of anilines is 1. The third-order valence-corrected chi connectivity index (χ3v) is 7.20. The average Bonchev–Trinajstić information content (AvgIpc) is 3.31. The van der Waals surface area contributed by atoms with Crippen molar-refractivity contribution in [2.45, 2.75) is 52.0 Å². The van der Waals surface area contributed by atoms with E-state index < -0.39 is 0 Å². The van der Waals surface area contributed by atoms with Gasteiger partial charge in [0.25, 0.3) is 5.91 Å². The molecule has 0 aromatic heterocycles. The van der Waals surface area contributed by atoms with E-state index in [4.69, 9.17) is 0 Å². The van der Waals surface area contributed by atoms with Gasteiger partial charge in [0.2, 0.25) is 0 Å². The molecule has 1 amide bonds. The van der Waals surface area contributed by atoms with Crippen molar-refractivity contribution in [3.8, 4) is 0 Å². The van der Waals surface area contributed by atoms with Crippen LogP contribution in [0.2, 0.25) is 0 Å². The molecule has 0 saturated heterocycles. The number of carbonyl (C=O) groups is 1. The molecule has 0 spiro atoms. The van der Waals surface area contributed by atoms with E-state index >= 15 is 0 Å². The molecule has 4 rings (SSSR count). The van der Waals surface area contributed by atoms with Crippen LogP contribution in [0.1, 0.15) is 79.0 Å². The molecule has 4 heteroatoms. The maximum Gasteiger partial charge on any atom is 0.251 e. The summed E-state index contributed by atoms with van der Waals surface area (Å²) in [6, 6.07) is 15.5. The molecule has 0 saturated carbocycles. The van der Waals surface area contributed by atoms with Crippen LogP contribution in [0.4, 0.5) is 5.69 Å². The molecule has 0 fully saturated rings. The number of nitrogens with zero attached hydrogens (tertiary/aromatic N) is 1. The van der Waals surface area contributed by atoms with Crippen molar-refractivity contribution >= 4 is 11.6 Å². The van der Waals surface area contributed by atoms with Gasteiger partial charge < -0.3 is 15.5 Å². The molecule has 1 aliphatic carbocycles. The number of fused-ring (bicyclic) bond motifs is 3. The second-order valence-electron chi connectivity index (χ2n) is 9.38. The summed E-state index contributed by atoms with van der Waals surface area (Å²) in [4.78, 5) is 15.1. The van der Waals surface area contributed by atoms with E-state index in [9.17, 15) is 4.79 Å². The number of rotatable bonds is 8. The van der Waals surface area contributed by atoms with Gasteiger partial charge in [0.05, 0.1) is 6.04 Å². The molecule has 0 bridgehead atoms. The first-order valence-electron chi connectivity index (χ1n) is 12.2. The first-order chi connectivity index (χ1) is 15.5. The number of allylic oxidation sites excluding steroid dienone is 2. The Balaban J connectivity index is 1.51. The van der Waals surface area contributed by atoms with Gasteiger partial charge in [0, 0.05) is 30.3 Å². The zero-order chi connectivity index (χ0) is 22.7. The van der Waals surface area contributed by atoms with Crippen LogP contribution in [0, 0.1) is 5.92 Å². The molecule has 170 valence electrons. The minimum absolute atomic E-state index is 0.0184. The minimum atomic E-state index is 0.0184. The van der Waals surface area contributed by atoms with Crippen molar-refractivity contribution in [1.29, 1.82) is 0 Å². The molecule has 1 heterocycles. The van der Waals surface area contributed by atoms with Gasteiger partial charge in [-0.25, -0.2) is 0 Å². The van der Waals surface area contributed by atoms with E-state index in [1.54, 1.807) is 0 Å². The number of nitrogens with one attached hydrogen (secondary N) is 2. The summed E-state index contributed by atoms with van der Waals surface area (Å²) < 4.78 is 0. The van der Waals surface area contributed by atoms with Crippen molar-refractivity contribution in [2.75, 3.05) is 31.5 Å². The average molecular weight is 432 g/mol. The Hall–Kier alpha value is -2.59. The topological polar surface area (TPSA) is 44.4 Å². The first kappa shape index (κ1) is 22.6. The zero-order valence-corrected chi connectivity index (χ0v) is 19.9. The standard InChI is InChI=1S/C28H37N3O/c1-5-31(6-2)17-16-29-28(32)22-14-15-26-25(18-22)23-8-7-9-24(23)27(30-26)21-12-10-20(11-13-21)19(3)4/h7-8,10-15,18-19,23-24,27,30H,5-6,9,16-17H2,1-4H3,(H,29,32). The SMILES string of the molecule is CCN(CC)CCNC(=O)c1ccc2c(c1)C1C=CCC1C(c1ccc(C(C)C)cc1)N2. The summed E-state index contributed by atoms with van der Waals surface area (Å²) in [5, 5.41) is 6.89. The lowest BCUT2D eigenvalue weighted by atomic mass is 9.76. The second kappa shape index (κ2) is 9.91. The van der Waals surface area contributed by atoms with Gasteiger partial charge in [-0.2, -0.15) is 0 Å². The van der Waals surface area contributed by atoms with Crippen LogP contribution in [-0.2, 0) is 0 Å². The van der Waals surface area contributed by atoms with E-state index in [0.29, 0.717) is 24.3 Å². The fourth-order valence-corrected chi connectivity index (χ4v) is 5.12. The molecular formula is C28H37N3O. The number of hydrogen-bond acceptors (Lipinski definition) is 3. The molecule has 2 N–H and O–H groups in total. The van der Waals surface area contributed by atoms with E-state index in [0.717, 1.165) is 37.3 Å². The lowest BCUT2D eigenvalue weighted by Gasteiger charge is -2.37. The molecular weight excluding hydrogens is 394 g/mol. The van der Waals surface area contributed by atoms with E-state index in [1.165, 1.54) is 16.7 Å². The highest BCUT2D eigenvalue weighted by Gasteiger charge is 2.38. The number of likely N-dealkylation sites (N-methyl/N-ethyl adjacent to an activating group) is 1. The Bertz CT molecular complexity index is 959. The fourth-order valence-electron chi connectivity index (χ4n) is 5.12. The molecule has 32 heavy (non-hydrogen) atoms. The van der Waals surface area contributed by atoms with Crippen molar-refractivity contribution in [2.24, 2.45) is 5.92 Å². The van der Waals surface area contributed by atoms with Crippen LogP contribution in [0.5, 0.6) is 0 Å². The highest BCUT2D eigenvalue weighted by Crippen LogP contribution is 2.50. The van der Waals surface area contributed by atoms with Crippen LogP contribution in [0.3, 0.4) is 0 Å². The third-order valence-electron chi connectivity index (χ3n) is 7.20. The van der Waals surface area contributed by atoms with E-state index in [1.807, 2.05) is 6.07 Å². The minimum Gasteiger partial charge on any atom is -0.378 e. The summed E-state index contributed by atoms with van der Waals surface area (Å²) >= 11 is 0. The Kier molecular flexibility index (Phi) is 7.00. The van der Waals surface area contributed by atoms with Crippen molar-refractivity contribution in [1.82, 2.24) is 10.2 Å². The van der Waals surface area contributed by atoms with Gasteiger partial charge in [-0.1, -0.05) is 64.1 Å². The fraction of sp³-hybridized carbons (Fsp3) is 0.464. The summed E-state index contributed by atoms with van der Waals surface area (Å²) in [6.45, 7) is 12.4. The Morgan fingerprint density at radius 3 is 2.56 bits per heavy atom. The smallest absolute Gasteiger partial charge is 0.251 e. The predicted molar refractivity (Wildman–Crippen MR) is 133 cm³/mol. The van der Waals surface area contributed by atoms with Gasteiger partial charge in [0.15, 0.2) is 0 Å². The second-order valence-corrected chi connectivity index (χ2v) is 9.38. The van der Waals surface area contributed by atoms with Crippen molar-refractivity contribution < 1.29 is 4.79 Å². The van der Waals surface area contributed by atoms with E-state index in [-0.39, 0.29) is 11.9 Å². The summed E-state index contributed by atoms with van der Waals surface area (Å²) in [7, 11) is 0. The number of hydrogen-bond donors (Lipinski definition) is 2. The summed E-state index contributed by atoms with van der Waals surface area (Å²) in [6.07, 6.45) is 5.70. The largest absolute Gasteiger partial charge is 0.378 e. The molecule has 4 nitrogen and oxygen atoms in total. The van der Waals surface area contributed by atoms with Gasteiger partial charge in [-0.05, 0) is 66.2 Å². The van der Waals surface area contributed by atoms with Crippen LogP contribution < -0.4 is 10.6 Å². The maximum atomic E-state index is 12.8. The molecule has 3 unspecified atom stereocenters. The Morgan fingerprint density at radius 2 is 1.88 bits per heavy atom. The van der Waals surface area contributed by atoms with Crippen molar-refractivity contribution in [3.63, 3.8) is 0 Å². The Labute approximate surface area is 193 Å². The van der Waals surface area contributed by atoms with Crippen LogP contribution in [0.25, 0.3) is 0 Å². The predicted octanol–water partition coefficient (Wildman–Crippen LogP) is 5.71. The zero-order valence-electron chi connectivity index (χ0n) is 19.9. The van der Waals surface area contributed by atoms with Gasteiger partial charge in [-0.3, -0.25) is 4.79 Å². The number of carbonyl (C=O) groups excluding carboxylic acids is 1. The van der Waals surface area contributed by atoms with Crippen LogP contribution in [-0.4, -0.2) is 37.0 Å². The lowest BCUT2D eigenvalue weighted by molar-refractivity contribution is 0.0948. The third kappa shape index (κ3) is 4.61. The molecule has 2 aromatic rings. The normalized spacial score (nSPS) is 21.4. The van der Waals surface area contributed by atoms with Crippen LogP contribution >= 0.6 is 0 Å². The monoisotopic (exact) mass is 431 g/mol. The number of benzene rings is 2. The lowest BCUT2D eigenvalue weighted by Crippen LogP contribution is -2.35. The van der Waals surface area contributed by atoms with E-state index in [2.05, 4.69) is 91.8 Å². The maximum absolute atomic E-state index is 12.8. The summed E-state index contributed by atoms with van der Waals surface area (Å²) in [5.74, 6) is 1.39. The van der Waals surface area contributed by atoms with Crippen LogP contribution in [0.15, 0.2) is 54.6 Å². The quantitative estimate of drug-likeness (QED) is 0.526. The molecule has 0 radical (unpaired) electrons. The molecule has 1 aliphatic heterocycles. The highest BCUT2D eigenvalue weighted by atomic mass is 16.1.